The van der Waals surface area contributed by atoms with E-state index in [0.717, 1.165) is 12.2 Å². The average molecular weight is 356 g/mol. The molecule has 0 amide bonds. The lowest BCUT2D eigenvalue weighted by Crippen LogP contribution is -2.15. The Labute approximate surface area is 135 Å². The first-order valence-corrected chi connectivity index (χ1v) is 7.89. The van der Waals surface area contributed by atoms with Crippen molar-refractivity contribution in [2.75, 3.05) is 5.75 Å². The molecule has 0 aromatic heterocycles. The molecule has 1 aromatic carbocycles. The van der Waals surface area contributed by atoms with Crippen molar-refractivity contribution in [2.45, 2.75) is 38.5 Å². The van der Waals surface area contributed by atoms with E-state index in [1.165, 1.54) is 43.4 Å². The van der Waals surface area contributed by atoms with Crippen molar-refractivity contribution in [2.24, 2.45) is 15.9 Å². The van der Waals surface area contributed by atoms with E-state index in [9.17, 15) is 0 Å². The number of amidine groups is 1. The van der Waals surface area contributed by atoms with Crippen LogP contribution >= 0.6 is 28.7 Å². The quantitative estimate of drug-likeness (QED) is 0.746. The van der Waals surface area contributed by atoms with E-state index in [-0.39, 0.29) is 17.0 Å². The van der Waals surface area contributed by atoms with Crippen LogP contribution in [0, 0.1) is 0 Å². The average Bonchev–Trinajstić information content (AvgIpc) is 2.46. The number of aryl methyl sites for hydroxylation is 1. The van der Waals surface area contributed by atoms with E-state index >= 15 is 0 Å². The maximum absolute atomic E-state index is 5.55. The molecule has 20 heavy (non-hydrogen) atoms. The van der Waals surface area contributed by atoms with Gasteiger partial charge in [-0.1, -0.05) is 54.9 Å². The van der Waals surface area contributed by atoms with Crippen molar-refractivity contribution in [1.82, 2.24) is 0 Å². The summed E-state index contributed by atoms with van der Waals surface area (Å²) in [6, 6.07) is 10.7. The van der Waals surface area contributed by atoms with Crippen LogP contribution in [0.3, 0.4) is 0 Å². The van der Waals surface area contributed by atoms with Crippen molar-refractivity contribution in [3.05, 3.63) is 35.9 Å². The summed E-state index contributed by atoms with van der Waals surface area (Å²) in [4.78, 5) is 0. The standard InChI is InChI=1S/C15H21N3S.BrH/c16-15-18-17-14(12-19-15)11-7-2-1-4-8-13-9-5-3-6-10-13;/h3,5-6,9-10H,1-2,4,7-8,11-12H2,(H2,16,18);1H. The zero-order valence-corrected chi connectivity index (χ0v) is 14.2. The lowest BCUT2D eigenvalue weighted by Gasteiger charge is -2.08. The Morgan fingerprint density at radius 1 is 0.950 bits per heavy atom. The van der Waals surface area contributed by atoms with Crippen LogP contribution in [-0.2, 0) is 6.42 Å². The molecule has 0 aliphatic carbocycles. The first kappa shape index (κ1) is 17.2. The van der Waals surface area contributed by atoms with Crippen molar-refractivity contribution >= 4 is 39.6 Å². The van der Waals surface area contributed by atoms with Gasteiger partial charge in [-0.2, -0.15) is 5.10 Å². The molecule has 1 aliphatic rings. The first-order chi connectivity index (χ1) is 9.34. The number of halogens is 1. The van der Waals surface area contributed by atoms with Gasteiger partial charge < -0.3 is 5.73 Å². The monoisotopic (exact) mass is 355 g/mol. The van der Waals surface area contributed by atoms with E-state index < -0.39 is 0 Å². The van der Waals surface area contributed by atoms with Crippen LogP contribution in [0.2, 0.25) is 0 Å². The van der Waals surface area contributed by atoms with Crippen molar-refractivity contribution in [3.63, 3.8) is 0 Å². The number of nitrogens with zero attached hydrogens (tertiary/aromatic N) is 2. The van der Waals surface area contributed by atoms with Gasteiger partial charge in [0.1, 0.15) is 0 Å². The molecule has 3 nitrogen and oxygen atoms in total. The molecule has 1 heterocycles. The normalized spacial score (nSPS) is 14.2. The molecule has 2 N–H and O–H groups in total. The summed E-state index contributed by atoms with van der Waals surface area (Å²) in [5.41, 5.74) is 8.18. The number of benzene rings is 1. The summed E-state index contributed by atoms with van der Waals surface area (Å²) in [6.45, 7) is 0. The highest BCUT2D eigenvalue weighted by Gasteiger charge is 2.07. The highest BCUT2D eigenvalue weighted by molar-refractivity contribution is 8.93. The summed E-state index contributed by atoms with van der Waals surface area (Å²) >= 11 is 1.59. The van der Waals surface area contributed by atoms with Gasteiger partial charge >= 0.3 is 0 Å². The second-order valence-electron chi connectivity index (χ2n) is 4.79. The largest absolute Gasteiger partial charge is 0.377 e. The second kappa shape index (κ2) is 10.00. The molecule has 0 radical (unpaired) electrons. The number of thioether (sulfide) groups is 1. The number of unbranched alkanes of at least 4 members (excludes halogenated alkanes) is 3. The van der Waals surface area contributed by atoms with Gasteiger partial charge in [-0.15, -0.1) is 22.1 Å². The fourth-order valence-electron chi connectivity index (χ4n) is 2.11. The van der Waals surface area contributed by atoms with E-state index in [1.807, 2.05) is 0 Å². The van der Waals surface area contributed by atoms with Gasteiger partial charge in [-0.3, -0.25) is 0 Å². The maximum atomic E-state index is 5.55. The number of rotatable bonds is 7. The topological polar surface area (TPSA) is 50.7 Å². The Morgan fingerprint density at radius 3 is 2.30 bits per heavy atom. The van der Waals surface area contributed by atoms with E-state index in [2.05, 4.69) is 40.5 Å². The number of hydrogen-bond donors (Lipinski definition) is 1. The van der Waals surface area contributed by atoms with E-state index in [0.29, 0.717) is 5.17 Å². The van der Waals surface area contributed by atoms with Gasteiger partial charge in [0.25, 0.3) is 0 Å². The third kappa shape index (κ3) is 6.57. The predicted octanol–water partition coefficient (Wildman–Crippen LogP) is 4.18. The minimum absolute atomic E-state index is 0. The van der Waals surface area contributed by atoms with Gasteiger partial charge in [-0.25, -0.2) is 0 Å². The molecule has 5 heteroatoms. The predicted molar refractivity (Wildman–Crippen MR) is 95.1 cm³/mol. The lowest BCUT2D eigenvalue weighted by molar-refractivity contribution is 0.652. The van der Waals surface area contributed by atoms with Crippen molar-refractivity contribution in [1.29, 1.82) is 0 Å². The van der Waals surface area contributed by atoms with Gasteiger partial charge in [0.05, 0.1) is 5.71 Å². The van der Waals surface area contributed by atoms with Crippen molar-refractivity contribution < 1.29 is 0 Å². The fourth-order valence-corrected chi connectivity index (χ4v) is 2.73. The van der Waals surface area contributed by atoms with Crippen LogP contribution in [0.25, 0.3) is 0 Å². The summed E-state index contributed by atoms with van der Waals surface area (Å²) in [6.07, 6.45) is 7.31. The highest BCUT2D eigenvalue weighted by atomic mass is 79.9. The third-order valence-electron chi connectivity index (χ3n) is 3.20. The molecular weight excluding hydrogens is 334 g/mol. The molecule has 0 atom stereocenters. The van der Waals surface area contributed by atoms with Crippen LogP contribution < -0.4 is 5.73 Å². The lowest BCUT2D eigenvalue weighted by atomic mass is 10.0. The highest BCUT2D eigenvalue weighted by Crippen LogP contribution is 2.13. The Morgan fingerprint density at radius 2 is 1.65 bits per heavy atom. The van der Waals surface area contributed by atoms with Gasteiger partial charge in [0.15, 0.2) is 5.17 Å². The van der Waals surface area contributed by atoms with Crippen LogP contribution in [0.5, 0.6) is 0 Å². The van der Waals surface area contributed by atoms with Crippen LogP contribution in [0.1, 0.15) is 37.7 Å². The SMILES string of the molecule is Br.NC1=NN=C(CCCCCCc2ccccc2)CS1. The fraction of sp³-hybridized carbons (Fsp3) is 0.467. The molecule has 0 saturated heterocycles. The zero-order valence-electron chi connectivity index (χ0n) is 11.6. The zero-order chi connectivity index (χ0) is 13.3. The van der Waals surface area contributed by atoms with E-state index in [4.69, 9.17) is 5.73 Å². The summed E-state index contributed by atoms with van der Waals surface area (Å²) < 4.78 is 0. The molecule has 0 spiro atoms. The third-order valence-corrected chi connectivity index (χ3v) is 4.06. The number of nitrogens with two attached hydrogens (primary N) is 1. The molecule has 2 rings (SSSR count). The minimum Gasteiger partial charge on any atom is -0.377 e. The number of hydrogen-bond acceptors (Lipinski definition) is 4. The van der Waals surface area contributed by atoms with Crippen LogP contribution in [0.15, 0.2) is 40.5 Å². The molecule has 0 unspecified atom stereocenters. The van der Waals surface area contributed by atoms with Crippen LogP contribution in [0.4, 0.5) is 0 Å². The molecule has 0 bridgehead atoms. The molecular formula is C15H22BrN3S. The van der Waals surface area contributed by atoms with Gasteiger partial charge in [0.2, 0.25) is 0 Å². The first-order valence-electron chi connectivity index (χ1n) is 6.90. The Balaban J connectivity index is 0.00000200. The molecule has 1 aromatic rings. The Bertz CT molecular complexity index is 446. The molecule has 110 valence electrons. The molecule has 1 aliphatic heterocycles. The molecule has 0 saturated carbocycles. The second-order valence-corrected chi connectivity index (χ2v) is 5.79. The Hall–Kier alpha value is -0.810. The summed E-state index contributed by atoms with van der Waals surface area (Å²) in [7, 11) is 0. The van der Waals surface area contributed by atoms with Gasteiger partial charge in [-0.05, 0) is 31.2 Å². The smallest absolute Gasteiger partial charge is 0.180 e. The van der Waals surface area contributed by atoms with Gasteiger partial charge in [0, 0.05) is 5.75 Å². The van der Waals surface area contributed by atoms with Crippen LogP contribution in [-0.4, -0.2) is 16.6 Å². The maximum Gasteiger partial charge on any atom is 0.180 e. The van der Waals surface area contributed by atoms with Crippen molar-refractivity contribution in [3.8, 4) is 0 Å². The molecule has 0 fully saturated rings. The van der Waals surface area contributed by atoms with E-state index in [1.54, 1.807) is 11.8 Å². The minimum atomic E-state index is 0. The summed E-state index contributed by atoms with van der Waals surface area (Å²) in [5, 5.41) is 8.64. The Kier molecular flexibility index (Phi) is 8.62. The summed E-state index contributed by atoms with van der Waals surface area (Å²) in [5.74, 6) is 0.916.